The van der Waals surface area contributed by atoms with Crippen LogP contribution in [0.4, 0.5) is 5.69 Å². The van der Waals surface area contributed by atoms with Gasteiger partial charge in [0.05, 0.1) is 28.0 Å². The minimum atomic E-state index is -0.268. The molecule has 0 fully saturated rings. The van der Waals surface area contributed by atoms with Gasteiger partial charge >= 0.3 is 0 Å². The molecule has 51 heavy (non-hydrogen) atoms. The molecule has 0 aliphatic rings. The zero-order chi connectivity index (χ0) is 35.1. The summed E-state index contributed by atoms with van der Waals surface area (Å²) in [7, 11) is 1.79. The summed E-state index contributed by atoms with van der Waals surface area (Å²) in [5.74, 6) is -0.268. The number of hydrogen-bond acceptors (Lipinski definition) is 2. The first-order chi connectivity index (χ1) is 24.9. The number of amides is 1. The molecule has 0 unspecified atom stereocenters. The van der Waals surface area contributed by atoms with E-state index in [0.29, 0.717) is 16.8 Å². The SMILES string of the molecule is Cc1ccc(-c2ccc3c(c2)c2ccccc2n3-c2cccc(C=O)c2C(=O)N(C)c2ccc(-c3ccccc3)cc2-c2ccccc2)c(C)c1. The molecule has 0 aliphatic heterocycles. The lowest BCUT2D eigenvalue weighted by Crippen LogP contribution is -2.29. The number of hydrogen-bond donors (Lipinski definition) is 0. The largest absolute Gasteiger partial charge is 0.311 e. The summed E-state index contributed by atoms with van der Waals surface area (Å²) in [6, 6.07) is 53.3. The van der Waals surface area contributed by atoms with E-state index in [4.69, 9.17) is 0 Å². The fourth-order valence-electron chi connectivity index (χ4n) is 7.38. The van der Waals surface area contributed by atoms with Gasteiger partial charge in [0.25, 0.3) is 5.91 Å². The normalized spacial score (nSPS) is 11.2. The third kappa shape index (κ3) is 5.61. The van der Waals surface area contributed by atoms with Crippen molar-refractivity contribution in [3.05, 3.63) is 180 Å². The van der Waals surface area contributed by atoms with Crippen molar-refractivity contribution in [2.45, 2.75) is 13.8 Å². The van der Waals surface area contributed by atoms with E-state index >= 15 is 0 Å². The molecule has 7 aromatic carbocycles. The molecule has 0 saturated carbocycles. The van der Waals surface area contributed by atoms with E-state index in [9.17, 15) is 9.59 Å². The van der Waals surface area contributed by atoms with Gasteiger partial charge in [-0.05, 0) is 83.6 Å². The van der Waals surface area contributed by atoms with Crippen molar-refractivity contribution in [3.8, 4) is 39.1 Å². The number of carbonyl (C=O) groups is 2. The van der Waals surface area contributed by atoms with E-state index in [1.807, 2.05) is 72.8 Å². The maximum atomic E-state index is 14.9. The zero-order valence-electron chi connectivity index (χ0n) is 28.8. The Morgan fingerprint density at radius 2 is 1.25 bits per heavy atom. The molecule has 0 atom stereocenters. The van der Waals surface area contributed by atoms with Gasteiger partial charge in [-0.1, -0.05) is 127 Å². The van der Waals surface area contributed by atoms with Gasteiger partial charge in [0.1, 0.15) is 0 Å². The van der Waals surface area contributed by atoms with Crippen LogP contribution in [0.25, 0.3) is 60.9 Å². The van der Waals surface area contributed by atoms with Crippen molar-refractivity contribution in [1.29, 1.82) is 0 Å². The van der Waals surface area contributed by atoms with Gasteiger partial charge < -0.3 is 9.47 Å². The summed E-state index contributed by atoms with van der Waals surface area (Å²) < 4.78 is 2.13. The maximum absolute atomic E-state index is 14.9. The number of rotatable bonds is 7. The van der Waals surface area contributed by atoms with Gasteiger partial charge in [0.15, 0.2) is 6.29 Å². The highest BCUT2D eigenvalue weighted by Gasteiger charge is 2.26. The molecule has 0 radical (unpaired) electrons. The summed E-state index contributed by atoms with van der Waals surface area (Å²) >= 11 is 0. The average molecular weight is 661 g/mol. The molecule has 1 aromatic heterocycles. The fourth-order valence-corrected chi connectivity index (χ4v) is 7.38. The highest BCUT2D eigenvalue weighted by Crippen LogP contribution is 2.39. The smallest absolute Gasteiger partial charge is 0.260 e. The van der Waals surface area contributed by atoms with E-state index in [0.717, 1.165) is 61.6 Å². The number of aromatic nitrogens is 1. The van der Waals surface area contributed by atoms with E-state index in [-0.39, 0.29) is 5.91 Å². The zero-order valence-corrected chi connectivity index (χ0v) is 28.8. The van der Waals surface area contributed by atoms with Gasteiger partial charge in [-0.15, -0.1) is 0 Å². The van der Waals surface area contributed by atoms with E-state index in [1.165, 1.54) is 16.7 Å². The molecule has 4 heteroatoms. The van der Waals surface area contributed by atoms with Gasteiger partial charge in [-0.2, -0.15) is 0 Å². The second-order valence-electron chi connectivity index (χ2n) is 13.1. The number of carbonyl (C=O) groups excluding carboxylic acids is 2. The first-order valence-electron chi connectivity index (χ1n) is 17.2. The molecular formula is C47H36N2O2. The number of aryl methyl sites for hydroxylation is 2. The average Bonchev–Trinajstić information content (AvgIpc) is 3.51. The second-order valence-corrected chi connectivity index (χ2v) is 13.1. The van der Waals surface area contributed by atoms with Gasteiger partial charge in [-0.3, -0.25) is 9.59 Å². The predicted molar refractivity (Wildman–Crippen MR) is 211 cm³/mol. The van der Waals surface area contributed by atoms with E-state index in [2.05, 4.69) is 97.3 Å². The molecule has 1 heterocycles. The van der Waals surface area contributed by atoms with E-state index in [1.54, 1.807) is 18.0 Å². The minimum absolute atomic E-state index is 0.268. The molecule has 8 rings (SSSR count). The summed E-state index contributed by atoms with van der Waals surface area (Å²) in [5, 5.41) is 2.15. The molecule has 0 spiro atoms. The van der Waals surface area contributed by atoms with Crippen LogP contribution in [0.2, 0.25) is 0 Å². The number of para-hydroxylation sites is 1. The Hall–Kier alpha value is -6.52. The van der Waals surface area contributed by atoms with Gasteiger partial charge in [0.2, 0.25) is 0 Å². The Morgan fingerprint density at radius 1 is 0.569 bits per heavy atom. The second kappa shape index (κ2) is 13.1. The Labute approximate surface area is 297 Å². The van der Waals surface area contributed by atoms with Crippen LogP contribution in [0.5, 0.6) is 0 Å². The Kier molecular flexibility index (Phi) is 8.13. The van der Waals surface area contributed by atoms with Crippen LogP contribution < -0.4 is 4.90 Å². The molecular weight excluding hydrogens is 625 g/mol. The van der Waals surface area contributed by atoms with Gasteiger partial charge in [-0.25, -0.2) is 0 Å². The van der Waals surface area contributed by atoms with Crippen LogP contribution in [0.15, 0.2) is 158 Å². The highest BCUT2D eigenvalue weighted by molar-refractivity contribution is 6.16. The number of fused-ring (bicyclic) bond motifs is 3. The fraction of sp³-hybridized carbons (Fsp3) is 0.0638. The van der Waals surface area contributed by atoms with E-state index < -0.39 is 0 Å². The summed E-state index contributed by atoms with van der Waals surface area (Å²) in [6.07, 6.45) is 0.785. The van der Waals surface area contributed by atoms with Crippen molar-refractivity contribution in [2.24, 2.45) is 0 Å². The van der Waals surface area contributed by atoms with Crippen LogP contribution in [0, 0.1) is 13.8 Å². The highest BCUT2D eigenvalue weighted by atomic mass is 16.2. The Balaban J connectivity index is 1.30. The summed E-state index contributed by atoms with van der Waals surface area (Å²) in [4.78, 5) is 29.3. The van der Waals surface area contributed by atoms with Gasteiger partial charge in [0, 0.05) is 28.9 Å². The Bertz CT molecular complexity index is 2600. The third-order valence-corrected chi connectivity index (χ3v) is 9.88. The van der Waals surface area contributed by atoms with Crippen LogP contribution in [0.1, 0.15) is 31.8 Å². The summed E-state index contributed by atoms with van der Waals surface area (Å²) in [6.45, 7) is 4.26. The van der Waals surface area contributed by atoms with Crippen LogP contribution in [0.3, 0.4) is 0 Å². The van der Waals surface area contributed by atoms with Crippen LogP contribution in [-0.2, 0) is 0 Å². The van der Waals surface area contributed by atoms with Crippen molar-refractivity contribution in [3.63, 3.8) is 0 Å². The van der Waals surface area contributed by atoms with Crippen molar-refractivity contribution < 1.29 is 9.59 Å². The molecule has 1 amide bonds. The summed E-state index contributed by atoms with van der Waals surface area (Å²) in [5.41, 5.74) is 12.9. The maximum Gasteiger partial charge on any atom is 0.260 e. The number of aldehydes is 1. The predicted octanol–water partition coefficient (Wildman–Crippen LogP) is 11.5. The van der Waals surface area contributed by atoms with Crippen LogP contribution in [-0.4, -0.2) is 23.8 Å². The van der Waals surface area contributed by atoms with Crippen molar-refractivity contribution >= 4 is 39.7 Å². The number of nitrogens with zero attached hydrogens (tertiary/aromatic N) is 2. The van der Waals surface area contributed by atoms with Crippen molar-refractivity contribution in [2.75, 3.05) is 11.9 Å². The van der Waals surface area contributed by atoms with Crippen LogP contribution >= 0.6 is 0 Å². The molecule has 246 valence electrons. The minimum Gasteiger partial charge on any atom is -0.311 e. The molecule has 4 nitrogen and oxygen atoms in total. The molecule has 0 bridgehead atoms. The number of benzene rings is 7. The van der Waals surface area contributed by atoms with Crippen molar-refractivity contribution in [1.82, 2.24) is 4.57 Å². The lowest BCUT2D eigenvalue weighted by atomic mass is 9.96. The topological polar surface area (TPSA) is 42.3 Å². The number of anilines is 1. The lowest BCUT2D eigenvalue weighted by Gasteiger charge is -2.24. The standard InChI is InChI=1S/C47H36N2O2/c1-31-21-24-38(32(2)27-31)36-23-26-44-41(29-36)39-18-10-11-19-43(39)49(44)45-20-12-17-37(30-50)46(45)47(51)48(3)42-25-22-35(33-13-6-4-7-14-33)28-40(42)34-15-8-5-9-16-34/h4-30H,1-3H3. The molecule has 0 aliphatic carbocycles. The lowest BCUT2D eigenvalue weighted by molar-refractivity contribution is 0.0986. The molecule has 0 N–H and O–H groups in total. The Morgan fingerprint density at radius 3 is 2.00 bits per heavy atom. The third-order valence-electron chi connectivity index (χ3n) is 9.88. The first kappa shape index (κ1) is 31.7. The molecule has 8 aromatic rings. The quantitative estimate of drug-likeness (QED) is 0.160. The first-order valence-corrected chi connectivity index (χ1v) is 17.2. The molecule has 0 saturated heterocycles. The monoisotopic (exact) mass is 660 g/mol.